The average molecular weight is 230 g/mol. The van der Waals surface area contributed by atoms with Crippen LogP contribution >= 0.6 is 0 Å². The summed E-state index contributed by atoms with van der Waals surface area (Å²) in [6.07, 6.45) is 2.50. The molecule has 3 rings (SSSR count). The predicted molar refractivity (Wildman–Crippen MR) is 69.4 cm³/mol. The molecule has 1 aromatic carbocycles. The quantitative estimate of drug-likeness (QED) is 0.850. The summed E-state index contributed by atoms with van der Waals surface area (Å²) in [4.78, 5) is 3.49. The van der Waals surface area contributed by atoms with Gasteiger partial charge in [-0.05, 0) is 50.6 Å². The molecule has 0 bridgehead atoms. The van der Waals surface area contributed by atoms with E-state index in [-0.39, 0.29) is 0 Å². The fourth-order valence-corrected chi connectivity index (χ4v) is 2.53. The monoisotopic (exact) mass is 230 g/mol. The maximum absolute atomic E-state index is 5.52. The van der Waals surface area contributed by atoms with Crippen molar-refractivity contribution in [3.8, 4) is 5.75 Å². The minimum absolute atomic E-state index is 0.498. The molecule has 90 valence electrons. The smallest absolute Gasteiger partial charge is 0.120 e. The summed E-state index contributed by atoms with van der Waals surface area (Å²) in [6.45, 7) is 3.85. The van der Waals surface area contributed by atoms with Gasteiger partial charge in [-0.1, -0.05) is 0 Å². The third-order valence-electron chi connectivity index (χ3n) is 3.36. The zero-order valence-electron chi connectivity index (χ0n) is 10.1. The van der Waals surface area contributed by atoms with Gasteiger partial charge in [-0.25, -0.2) is 0 Å². The molecule has 1 aliphatic rings. The van der Waals surface area contributed by atoms with Gasteiger partial charge in [-0.3, -0.25) is 0 Å². The van der Waals surface area contributed by atoms with Gasteiger partial charge in [0.2, 0.25) is 0 Å². The fraction of sp³-hybridized carbons (Fsp3) is 0.429. The van der Waals surface area contributed by atoms with Crippen molar-refractivity contribution in [1.29, 1.82) is 0 Å². The highest BCUT2D eigenvalue weighted by Gasteiger charge is 2.17. The summed E-state index contributed by atoms with van der Waals surface area (Å²) < 4.78 is 5.52. The molecular weight excluding hydrogens is 212 g/mol. The van der Waals surface area contributed by atoms with Crippen LogP contribution in [-0.2, 0) is 0 Å². The SMILES string of the molecule is CCOc1ccc2[nH]c(C3CCCN3)cc2c1. The van der Waals surface area contributed by atoms with E-state index in [1.54, 1.807) is 0 Å². The van der Waals surface area contributed by atoms with E-state index < -0.39 is 0 Å². The van der Waals surface area contributed by atoms with Crippen LogP contribution in [0.5, 0.6) is 5.75 Å². The molecule has 3 heteroatoms. The Labute approximate surface area is 101 Å². The van der Waals surface area contributed by atoms with Crippen LogP contribution < -0.4 is 10.1 Å². The second-order valence-corrected chi connectivity index (χ2v) is 4.56. The van der Waals surface area contributed by atoms with E-state index in [9.17, 15) is 0 Å². The number of aromatic nitrogens is 1. The summed E-state index contributed by atoms with van der Waals surface area (Å²) in [5.41, 5.74) is 2.49. The minimum Gasteiger partial charge on any atom is -0.494 e. The van der Waals surface area contributed by atoms with Gasteiger partial charge in [0.15, 0.2) is 0 Å². The first kappa shape index (κ1) is 10.7. The van der Waals surface area contributed by atoms with Crippen LogP contribution in [0.2, 0.25) is 0 Å². The number of H-pyrrole nitrogens is 1. The van der Waals surface area contributed by atoms with Crippen LogP contribution in [0, 0.1) is 0 Å². The Morgan fingerprint density at radius 3 is 3.06 bits per heavy atom. The van der Waals surface area contributed by atoms with Crippen molar-refractivity contribution in [2.24, 2.45) is 0 Å². The number of fused-ring (bicyclic) bond motifs is 1. The summed E-state index contributed by atoms with van der Waals surface area (Å²) in [7, 11) is 0. The zero-order valence-corrected chi connectivity index (χ0v) is 10.1. The molecule has 0 radical (unpaired) electrons. The van der Waals surface area contributed by atoms with Gasteiger partial charge in [0.05, 0.1) is 6.61 Å². The average Bonchev–Trinajstić information content (AvgIpc) is 2.97. The van der Waals surface area contributed by atoms with E-state index in [4.69, 9.17) is 4.74 Å². The Kier molecular flexibility index (Phi) is 2.77. The highest BCUT2D eigenvalue weighted by Crippen LogP contribution is 2.28. The molecule has 0 aliphatic carbocycles. The van der Waals surface area contributed by atoms with Gasteiger partial charge in [-0.2, -0.15) is 0 Å². The van der Waals surface area contributed by atoms with Crippen molar-refractivity contribution in [3.05, 3.63) is 30.0 Å². The van der Waals surface area contributed by atoms with Gasteiger partial charge in [0.25, 0.3) is 0 Å². The van der Waals surface area contributed by atoms with E-state index in [0.29, 0.717) is 12.6 Å². The summed E-state index contributed by atoms with van der Waals surface area (Å²) in [6, 6.07) is 8.96. The lowest BCUT2D eigenvalue weighted by Gasteiger charge is -2.06. The number of hydrogen-bond acceptors (Lipinski definition) is 2. The summed E-state index contributed by atoms with van der Waals surface area (Å²) in [5, 5.41) is 4.75. The normalized spacial score (nSPS) is 19.9. The van der Waals surface area contributed by atoms with Crippen LogP contribution in [-0.4, -0.2) is 18.1 Å². The van der Waals surface area contributed by atoms with Crippen LogP contribution in [0.4, 0.5) is 0 Å². The molecular formula is C14H18N2O. The van der Waals surface area contributed by atoms with Crippen molar-refractivity contribution in [1.82, 2.24) is 10.3 Å². The van der Waals surface area contributed by atoms with Crippen LogP contribution in [0.1, 0.15) is 31.5 Å². The Bertz CT molecular complexity index is 512. The van der Waals surface area contributed by atoms with Crippen molar-refractivity contribution < 1.29 is 4.74 Å². The molecule has 1 aromatic heterocycles. The Hall–Kier alpha value is -1.48. The molecule has 1 saturated heterocycles. The number of rotatable bonds is 3. The number of hydrogen-bond donors (Lipinski definition) is 2. The first-order chi connectivity index (χ1) is 8.36. The van der Waals surface area contributed by atoms with Crippen molar-refractivity contribution in [2.75, 3.05) is 13.2 Å². The molecule has 0 saturated carbocycles. The topological polar surface area (TPSA) is 37.0 Å². The van der Waals surface area contributed by atoms with Gasteiger partial charge < -0.3 is 15.0 Å². The molecule has 1 unspecified atom stereocenters. The highest BCUT2D eigenvalue weighted by molar-refractivity contribution is 5.82. The fourth-order valence-electron chi connectivity index (χ4n) is 2.53. The van der Waals surface area contributed by atoms with Crippen molar-refractivity contribution in [3.63, 3.8) is 0 Å². The van der Waals surface area contributed by atoms with E-state index in [1.807, 2.05) is 13.0 Å². The number of nitrogens with one attached hydrogen (secondary N) is 2. The molecule has 1 fully saturated rings. The van der Waals surface area contributed by atoms with E-state index in [2.05, 4.69) is 28.5 Å². The Morgan fingerprint density at radius 2 is 2.29 bits per heavy atom. The standard InChI is InChI=1S/C14H18N2O/c1-2-17-11-5-6-12-10(8-11)9-14(16-12)13-4-3-7-15-13/h5-6,8-9,13,15-16H,2-4,7H2,1H3. The molecule has 1 aliphatic heterocycles. The molecule has 17 heavy (non-hydrogen) atoms. The second kappa shape index (κ2) is 4.41. The Morgan fingerprint density at radius 1 is 1.35 bits per heavy atom. The van der Waals surface area contributed by atoms with Crippen LogP contribution in [0.25, 0.3) is 10.9 Å². The highest BCUT2D eigenvalue weighted by atomic mass is 16.5. The lowest BCUT2D eigenvalue weighted by molar-refractivity contribution is 0.341. The van der Waals surface area contributed by atoms with Crippen molar-refractivity contribution in [2.45, 2.75) is 25.8 Å². The summed E-state index contributed by atoms with van der Waals surface area (Å²) in [5.74, 6) is 0.949. The molecule has 3 nitrogen and oxygen atoms in total. The van der Waals surface area contributed by atoms with Gasteiger partial charge >= 0.3 is 0 Å². The van der Waals surface area contributed by atoms with E-state index in [1.165, 1.54) is 29.4 Å². The van der Waals surface area contributed by atoms with E-state index in [0.717, 1.165) is 12.3 Å². The van der Waals surface area contributed by atoms with Gasteiger partial charge in [0.1, 0.15) is 5.75 Å². The van der Waals surface area contributed by atoms with Gasteiger partial charge in [0, 0.05) is 22.6 Å². The maximum Gasteiger partial charge on any atom is 0.120 e. The van der Waals surface area contributed by atoms with Crippen molar-refractivity contribution >= 4 is 10.9 Å². The Balaban J connectivity index is 1.94. The zero-order chi connectivity index (χ0) is 11.7. The lowest BCUT2D eigenvalue weighted by Crippen LogP contribution is -2.12. The minimum atomic E-state index is 0.498. The van der Waals surface area contributed by atoms with Gasteiger partial charge in [-0.15, -0.1) is 0 Å². The van der Waals surface area contributed by atoms with Crippen LogP contribution in [0.3, 0.4) is 0 Å². The predicted octanol–water partition coefficient (Wildman–Crippen LogP) is 2.99. The largest absolute Gasteiger partial charge is 0.494 e. The molecule has 2 aromatic rings. The number of aromatic amines is 1. The molecule has 2 N–H and O–H groups in total. The molecule has 0 amide bonds. The van der Waals surface area contributed by atoms with E-state index >= 15 is 0 Å². The third-order valence-corrected chi connectivity index (χ3v) is 3.36. The molecule has 2 heterocycles. The first-order valence-corrected chi connectivity index (χ1v) is 6.35. The summed E-state index contributed by atoms with van der Waals surface area (Å²) >= 11 is 0. The lowest BCUT2D eigenvalue weighted by atomic mass is 10.1. The second-order valence-electron chi connectivity index (χ2n) is 4.56. The first-order valence-electron chi connectivity index (χ1n) is 6.35. The number of ether oxygens (including phenoxy) is 1. The molecule has 0 spiro atoms. The maximum atomic E-state index is 5.52. The third kappa shape index (κ3) is 2.03. The number of benzene rings is 1. The van der Waals surface area contributed by atoms with Crippen LogP contribution in [0.15, 0.2) is 24.3 Å². The molecule has 1 atom stereocenters.